The van der Waals surface area contributed by atoms with Gasteiger partial charge >= 0.3 is 0 Å². The molecule has 9 nitrogen and oxygen atoms in total. The molecule has 4 rings (SSSR count). The van der Waals surface area contributed by atoms with Crippen molar-refractivity contribution < 1.29 is 14.3 Å². The first-order valence-corrected chi connectivity index (χ1v) is 13.2. The van der Waals surface area contributed by atoms with Crippen LogP contribution in [0.1, 0.15) is 36.2 Å². The second-order valence-electron chi connectivity index (χ2n) is 9.95. The van der Waals surface area contributed by atoms with E-state index in [0.717, 1.165) is 47.8 Å². The molecule has 0 saturated heterocycles. The topological polar surface area (TPSA) is 104 Å². The van der Waals surface area contributed by atoms with E-state index in [1.54, 1.807) is 19.4 Å². The van der Waals surface area contributed by atoms with Crippen LogP contribution in [-0.2, 0) is 4.74 Å². The van der Waals surface area contributed by atoms with Crippen molar-refractivity contribution in [1.29, 1.82) is 5.26 Å². The Hall–Kier alpha value is -4.00. The third-order valence-corrected chi connectivity index (χ3v) is 7.21. The van der Waals surface area contributed by atoms with Gasteiger partial charge in [-0.15, -0.1) is 0 Å². The maximum atomic E-state index is 13.9. The van der Waals surface area contributed by atoms with Crippen LogP contribution in [0.5, 0.6) is 5.75 Å². The number of carbonyl (C=O) groups is 1. The second kappa shape index (κ2) is 13.2. The molecule has 1 heterocycles. The van der Waals surface area contributed by atoms with Gasteiger partial charge in [-0.1, -0.05) is 18.7 Å². The highest BCUT2D eigenvalue weighted by atomic mass is 16.5. The van der Waals surface area contributed by atoms with Crippen LogP contribution in [0.3, 0.4) is 0 Å². The van der Waals surface area contributed by atoms with Crippen molar-refractivity contribution in [3.8, 4) is 11.8 Å². The summed E-state index contributed by atoms with van der Waals surface area (Å²) < 4.78 is 11.2. The Balaban J connectivity index is 1.77. The van der Waals surface area contributed by atoms with E-state index >= 15 is 0 Å². The van der Waals surface area contributed by atoms with Crippen LogP contribution in [0.25, 0.3) is 10.8 Å². The molecular formula is C30H36N6O3. The zero-order valence-electron chi connectivity index (χ0n) is 22.9. The minimum atomic E-state index is -0.148. The minimum absolute atomic E-state index is 0.0389. The van der Waals surface area contributed by atoms with Gasteiger partial charge in [0.25, 0.3) is 5.91 Å². The molecule has 1 N–H and O–H groups in total. The van der Waals surface area contributed by atoms with E-state index in [1.165, 1.54) is 6.33 Å². The van der Waals surface area contributed by atoms with Gasteiger partial charge in [0.2, 0.25) is 0 Å². The molecule has 1 aliphatic rings. The highest BCUT2D eigenvalue weighted by Gasteiger charge is 2.32. The van der Waals surface area contributed by atoms with Crippen LogP contribution in [0.15, 0.2) is 61.1 Å². The molecule has 0 aliphatic heterocycles. The zero-order valence-corrected chi connectivity index (χ0v) is 22.9. The smallest absolute Gasteiger partial charge is 0.277 e. The molecule has 1 amide bonds. The molecule has 1 aliphatic carbocycles. The Morgan fingerprint density at radius 3 is 2.54 bits per heavy atom. The summed E-state index contributed by atoms with van der Waals surface area (Å²) >= 11 is 0. The van der Waals surface area contributed by atoms with Gasteiger partial charge in [0.05, 0.1) is 18.4 Å². The Morgan fingerprint density at radius 1 is 1.13 bits per heavy atom. The maximum absolute atomic E-state index is 13.9. The number of hydrogen-bond acceptors (Lipinski definition) is 8. The van der Waals surface area contributed by atoms with Crippen molar-refractivity contribution in [2.75, 3.05) is 51.2 Å². The van der Waals surface area contributed by atoms with E-state index in [1.807, 2.05) is 35.2 Å². The quantitative estimate of drug-likeness (QED) is 0.283. The highest BCUT2D eigenvalue weighted by Crippen LogP contribution is 2.38. The van der Waals surface area contributed by atoms with Crippen LogP contribution in [-0.4, -0.2) is 73.8 Å². The van der Waals surface area contributed by atoms with Crippen molar-refractivity contribution in [3.63, 3.8) is 0 Å². The van der Waals surface area contributed by atoms with E-state index in [2.05, 4.69) is 46.9 Å². The van der Waals surface area contributed by atoms with Crippen LogP contribution in [0.4, 0.5) is 11.4 Å². The van der Waals surface area contributed by atoms with Gasteiger partial charge in [-0.2, -0.15) is 5.26 Å². The molecule has 9 heteroatoms. The molecule has 39 heavy (non-hydrogen) atoms. The lowest BCUT2D eigenvalue weighted by atomic mass is 9.89. The summed E-state index contributed by atoms with van der Waals surface area (Å²) in [6.45, 7) is 4.90. The lowest BCUT2D eigenvalue weighted by molar-refractivity contribution is 0.0958. The average Bonchev–Trinajstić information content (AvgIpc) is 2.97. The van der Waals surface area contributed by atoms with Crippen LogP contribution < -0.4 is 15.0 Å². The molecule has 1 saturated carbocycles. The largest absolute Gasteiger partial charge is 0.489 e. The van der Waals surface area contributed by atoms with Gasteiger partial charge in [0.1, 0.15) is 24.4 Å². The molecule has 0 radical (unpaired) electrons. The number of nitriles is 1. The number of benzene rings is 2. The SMILES string of the molecule is C=C(C#N)CNc1c(OCCOC)ccc2ccc(N(C(=O)c3ccncn3)C3CCC(N(C)C)CC3)cc12. The number of fused-ring (bicyclic) bond motifs is 1. The first-order valence-electron chi connectivity index (χ1n) is 13.2. The number of methoxy groups -OCH3 is 1. The maximum Gasteiger partial charge on any atom is 0.277 e. The summed E-state index contributed by atoms with van der Waals surface area (Å²) in [4.78, 5) is 26.3. The van der Waals surface area contributed by atoms with Crippen molar-refractivity contribution in [1.82, 2.24) is 14.9 Å². The lowest BCUT2D eigenvalue weighted by Gasteiger charge is -2.38. The van der Waals surface area contributed by atoms with Crippen molar-refractivity contribution in [3.05, 3.63) is 66.8 Å². The molecule has 2 aromatic carbocycles. The number of nitrogens with one attached hydrogen (secondary N) is 1. The fraction of sp³-hybridized carbons (Fsp3) is 0.400. The van der Waals surface area contributed by atoms with Crippen LogP contribution in [0.2, 0.25) is 0 Å². The predicted octanol–water partition coefficient (Wildman–Crippen LogP) is 4.67. The molecule has 0 bridgehead atoms. The number of amides is 1. The Bertz CT molecular complexity index is 1330. The molecule has 0 atom stereocenters. The van der Waals surface area contributed by atoms with Crippen molar-refractivity contribution in [2.24, 2.45) is 0 Å². The van der Waals surface area contributed by atoms with E-state index in [-0.39, 0.29) is 18.5 Å². The monoisotopic (exact) mass is 528 g/mol. The number of hydrogen-bond donors (Lipinski definition) is 1. The number of ether oxygens (including phenoxy) is 2. The zero-order chi connectivity index (χ0) is 27.8. The summed E-state index contributed by atoms with van der Waals surface area (Å²) in [6, 6.07) is 14.2. The molecule has 0 spiro atoms. The average molecular weight is 529 g/mol. The highest BCUT2D eigenvalue weighted by molar-refractivity contribution is 6.07. The van der Waals surface area contributed by atoms with Gasteiger partial charge in [-0.25, -0.2) is 9.97 Å². The molecule has 1 fully saturated rings. The van der Waals surface area contributed by atoms with Crippen molar-refractivity contribution in [2.45, 2.75) is 37.8 Å². The number of aromatic nitrogens is 2. The number of nitrogens with zero attached hydrogens (tertiary/aromatic N) is 5. The Kier molecular flexibility index (Phi) is 9.47. The first-order chi connectivity index (χ1) is 18.9. The number of carbonyl (C=O) groups excluding carboxylic acids is 1. The standard InChI is InChI=1S/C30H36N6O3/c1-21(18-31)19-33-29-26-17-25(7-5-22(26)6-12-28(29)39-16-15-38-4)36(30(37)27-13-14-32-20-34-27)24-10-8-23(9-11-24)35(2)3/h5-7,12-14,17,20,23-24,33H,1,8-11,15-16,19H2,2-4H3. The summed E-state index contributed by atoms with van der Waals surface area (Å²) in [5.74, 6) is 0.493. The molecule has 1 aromatic heterocycles. The van der Waals surface area contributed by atoms with Crippen LogP contribution >= 0.6 is 0 Å². The molecule has 0 unspecified atom stereocenters. The molecular weight excluding hydrogens is 492 g/mol. The lowest BCUT2D eigenvalue weighted by Crippen LogP contribution is -2.45. The normalized spacial score (nSPS) is 17.0. The number of rotatable bonds is 11. The van der Waals surface area contributed by atoms with Gasteiger partial charge in [-0.3, -0.25) is 4.79 Å². The van der Waals surface area contributed by atoms with Crippen LogP contribution in [0, 0.1) is 11.3 Å². The molecule has 3 aromatic rings. The van der Waals surface area contributed by atoms with Gasteiger partial charge < -0.3 is 24.6 Å². The van der Waals surface area contributed by atoms with Crippen molar-refractivity contribution >= 4 is 28.1 Å². The van der Waals surface area contributed by atoms with E-state index in [9.17, 15) is 10.1 Å². The Morgan fingerprint density at radius 2 is 1.87 bits per heavy atom. The van der Waals surface area contributed by atoms with Gasteiger partial charge in [0.15, 0.2) is 0 Å². The summed E-state index contributed by atoms with van der Waals surface area (Å²) in [5, 5.41) is 14.5. The Labute approximate surface area is 230 Å². The minimum Gasteiger partial charge on any atom is -0.489 e. The summed E-state index contributed by atoms with van der Waals surface area (Å²) in [6.07, 6.45) is 6.81. The second-order valence-corrected chi connectivity index (χ2v) is 9.95. The summed E-state index contributed by atoms with van der Waals surface area (Å²) in [5.41, 5.74) is 2.30. The van der Waals surface area contributed by atoms with Gasteiger partial charge in [0, 0.05) is 48.6 Å². The fourth-order valence-corrected chi connectivity index (χ4v) is 5.08. The van der Waals surface area contributed by atoms with E-state index < -0.39 is 0 Å². The third kappa shape index (κ3) is 6.72. The van der Waals surface area contributed by atoms with E-state index in [0.29, 0.717) is 36.3 Å². The van der Waals surface area contributed by atoms with E-state index in [4.69, 9.17) is 9.47 Å². The number of anilines is 2. The third-order valence-electron chi connectivity index (χ3n) is 7.21. The summed E-state index contributed by atoms with van der Waals surface area (Å²) in [7, 11) is 5.85. The fourth-order valence-electron chi connectivity index (χ4n) is 5.08. The first kappa shape index (κ1) is 28.0. The predicted molar refractivity (Wildman–Crippen MR) is 153 cm³/mol. The molecule has 204 valence electrons. The van der Waals surface area contributed by atoms with Gasteiger partial charge in [-0.05, 0) is 69.4 Å².